The number of piperidine rings is 1. The van der Waals surface area contributed by atoms with Crippen molar-refractivity contribution in [2.24, 2.45) is 0 Å². The molecule has 2 amide bonds. The highest BCUT2D eigenvalue weighted by atomic mass is 35.5. The molecule has 1 aromatic carbocycles. The summed E-state index contributed by atoms with van der Waals surface area (Å²) in [6, 6.07) is 7.16. The Kier molecular flexibility index (Phi) is 6.59. The van der Waals surface area contributed by atoms with Gasteiger partial charge in [0.05, 0.1) is 24.1 Å². The predicted molar refractivity (Wildman–Crippen MR) is 113 cm³/mol. The Morgan fingerprint density at radius 2 is 1.97 bits per heavy atom. The molecule has 164 valence electrons. The summed E-state index contributed by atoms with van der Waals surface area (Å²) in [5.41, 5.74) is 0.678. The summed E-state index contributed by atoms with van der Waals surface area (Å²) in [5, 5.41) is 2.55. The van der Waals surface area contributed by atoms with Gasteiger partial charge in [0.15, 0.2) is 5.78 Å². The third-order valence-corrected chi connectivity index (χ3v) is 5.72. The first kappa shape index (κ1) is 22.7. The largest absolute Gasteiger partial charge is 0.486 e. The molecule has 0 unspecified atom stereocenters. The van der Waals surface area contributed by atoms with E-state index in [0.717, 1.165) is 0 Å². The molecule has 0 saturated carbocycles. The zero-order chi connectivity index (χ0) is 21.3. The number of pyridine rings is 1. The molecule has 1 aromatic heterocycles. The van der Waals surface area contributed by atoms with E-state index in [-0.39, 0.29) is 48.6 Å². The lowest BCUT2D eigenvalue weighted by atomic mass is 9.82. The molecule has 1 N–H and O–H groups in total. The molecule has 1 fully saturated rings. The number of hydrogen-bond acceptors (Lipinski definition) is 5. The second-order valence-electron chi connectivity index (χ2n) is 7.70. The van der Waals surface area contributed by atoms with E-state index in [0.29, 0.717) is 42.8 Å². The van der Waals surface area contributed by atoms with E-state index in [1.165, 1.54) is 24.4 Å². The SMILES string of the molecule is CNC(=O)c1ccnc(CC(=O)N2CCC3(CC2)CC(=O)c2ccc(F)cc2O3)c1.Cl. The van der Waals surface area contributed by atoms with E-state index in [1.54, 1.807) is 24.1 Å². The Hall–Kier alpha value is -3.00. The molecule has 0 aliphatic carbocycles. The standard InChI is InChI=1S/C22H22FN3O4.ClH/c1-24-21(29)14-4-7-25-16(10-14)12-20(28)26-8-5-22(6-9-26)13-18(27)17-3-2-15(23)11-19(17)30-22;/h2-4,7,10-11H,5-6,8-9,12-13H2,1H3,(H,24,29);1H. The molecule has 7 nitrogen and oxygen atoms in total. The highest BCUT2D eigenvalue weighted by Crippen LogP contribution is 2.39. The summed E-state index contributed by atoms with van der Waals surface area (Å²) in [6.45, 7) is 0.873. The fourth-order valence-corrected chi connectivity index (χ4v) is 4.04. The van der Waals surface area contributed by atoms with Crippen LogP contribution in [-0.4, -0.2) is 53.2 Å². The molecule has 2 aromatic rings. The minimum absolute atomic E-state index is 0. The van der Waals surface area contributed by atoms with Gasteiger partial charge < -0.3 is 15.0 Å². The molecule has 1 spiro atoms. The minimum atomic E-state index is -0.702. The van der Waals surface area contributed by atoms with E-state index in [2.05, 4.69) is 10.3 Å². The van der Waals surface area contributed by atoms with Crippen LogP contribution in [0.5, 0.6) is 5.75 Å². The Morgan fingerprint density at radius 1 is 1.23 bits per heavy atom. The lowest BCUT2D eigenvalue weighted by Gasteiger charge is -2.44. The van der Waals surface area contributed by atoms with Crippen LogP contribution in [0.3, 0.4) is 0 Å². The highest BCUT2D eigenvalue weighted by Gasteiger charge is 2.43. The van der Waals surface area contributed by atoms with Crippen LogP contribution >= 0.6 is 12.4 Å². The normalized spacial score (nSPS) is 16.7. The van der Waals surface area contributed by atoms with Crippen LogP contribution in [0.2, 0.25) is 0 Å². The van der Waals surface area contributed by atoms with Crippen LogP contribution in [0.1, 0.15) is 45.7 Å². The number of aromatic nitrogens is 1. The second-order valence-corrected chi connectivity index (χ2v) is 7.70. The lowest BCUT2D eigenvalue weighted by molar-refractivity contribution is -0.134. The topological polar surface area (TPSA) is 88.6 Å². The maximum atomic E-state index is 13.6. The summed E-state index contributed by atoms with van der Waals surface area (Å²) in [4.78, 5) is 42.9. The molecule has 31 heavy (non-hydrogen) atoms. The van der Waals surface area contributed by atoms with E-state index in [1.807, 2.05) is 0 Å². The number of hydrogen-bond donors (Lipinski definition) is 1. The summed E-state index contributed by atoms with van der Waals surface area (Å²) >= 11 is 0. The number of Topliss-reactive ketones (excluding diaryl/α,β-unsaturated/α-hetero) is 1. The maximum absolute atomic E-state index is 13.6. The number of ether oxygens (including phenoxy) is 1. The van der Waals surface area contributed by atoms with Gasteiger partial charge in [-0.05, 0) is 24.3 Å². The minimum Gasteiger partial charge on any atom is -0.486 e. The number of likely N-dealkylation sites (tertiary alicyclic amines) is 1. The highest BCUT2D eigenvalue weighted by molar-refractivity contribution is 6.00. The van der Waals surface area contributed by atoms with Crippen LogP contribution in [0.4, 0.5) is 4.39 Å². The Morgan fingerprint density at radius 3 is 2.68 bits per heavy atom. The van der Waals surface area contributed by atoms with Gasteiger partial charge in [-0.25, -0.2) is 4.39 Å². The van der Waals surface area contributed by atoms with E-state index < -0.39 is 11.4 Å². The van der Waals surface area contributed by atoms with Gasteiger partial charge in [0, 0.05) is 50.8 Å². The van der Waals surface area contributed by atoms with Crippen LogP contribution < -0.4 is 10.1 Å². The van der Waals surface area contributed by atoms with Crippen molar-refractivity contribution in [1.82, 2.24) is 15.2 Å². The fourth-order valence-electron chi connectivity index (χ4n) is 4.04. The number of fused-ring (bicyclic) bond motifs is 1. The number of carbonyl (C=O) groups is 3. The van der Waals surface area contributed by atoms with Crippen molar-refractivity contribution in [2.75, 3.05) is 20.1 Å². The molecule has 2 aliphatic rings. The van der Waals surface area contributed by atoms with Gasteiger partial charge in [0.1, 0.15) is 17.2 Å². The third kappa shape index (κ3) is 4.69. The Labute approximate surface area is 185 Å². The van der Waals surface area contributed by atoms with Crippen LogP contribution in [0.15, 0.2) is 36.5 Å². The summed E-state index contributed by atoms with van der Waals surface area (Å²) < 4.78 is 19.6. The van der Waals surface area contributed by atoms with Gasteiger partial charge in [0.25, 0.3) is 5.91 Å². The zero-order valence-corrected chi connectivity index (χ0v) is 17.8. The number of amides is 2. The van der Waals surface area contributed by atoms with Gasteiger partial charge in [-0.3, -0.25) is 19.4 Å². The Balaban J connectivity index is 0.00000272. The fraction of sp³-hybridized carbons (Fsp3) is 0.364. The van der Waals surface area contributed by atoms with E-state index in [9.17, 15) is 18.8 Å². The van der Waals surface area contributed by atoms with Gasteiger partial charge >= 0.3 is 0 Å². The zero-order valence-electron chi connectivity index (χ0n) is 17.0. The number of ketones is 1. The number of benzene rings is 1. The number of rotatable bonds is 3. The van der Waals surface area contributed by atoms with Crippen molar-refractivity contribution in [3.8, 4) is 5.75 Å². The second kappa shape index (κ2) is 9.01. The van der Waals surface area contributed by atoms with Crippen molar-refractivity contribution < 1.29 is 23.5 Å². The summed E-state index contributed by atoms with van der Waals surface area (Å²) in [5.74, 6) is -0.563. The van der Waals surface area contributed by atoms with E-state index >= 15 is 0 Å². The summed E-state index contributed by atoms with van der Waals surface area (Å²) in [7, 11) is 1.54. The van der Waals surface area contributed by atoms with Gasteiger partial charge in [-0.2, -0.15) is 0 Å². The molecule has 0 bridgehead atoms. The molecular formula is C22H23ClFN3O4. The van der Waals surface area contributed by atoms with Crippen molar-refractivity contribution >= 4 is 30.0 Å². The summed E-state index contributed by atoms with van der Waals surface area (Å²) in [6.07, 6.45) is 2.81. The lowest BCUT2D eigenvalue weighted by Crippen LogP contribution is -2.52. The molecule has 3 heterocycles. The number of nitrogens with zero attached hydrogens (tertiary/aromatic N) is 2. The number of carbonyl (C=O) groups excluding carboxylic acids is 3. The van der Waals surface area contributed by atoms with Crippen LogP contribution in [-0.2, 0) is 11.2 Å². The molecule has 0 atom stereocenters. The molecule has 4 rings (SSSR count). The first-order valence-electron chi connectivity index (χ1n) is 9.86. The molecule has 1 saturated heterocycles. The van der Waals surface area contributed by atoms with Crippen molar-refractivity contribution in [2.45, 2.75) is 31.3 Å². The predicted octanol–water partition coefficient (Wildman–Crippen LogP) is 2.57. The van der Waals surface area contributed by atoms with Gasteiger partial charge in [-0.1, -0.05) is 0 Å². The van der Waals surface area contributed by atoms with Crippen LogP contribution in [0, 0.1) is 5.82 Å². The third-order valence-electron chi connectivity index (χ3n) is 5.72. The Bertz CT molecular complexity index is 1020. The molecule has 9 heteroatoms. The molecule has 0 radical (unpaired) electrons. The maximum Gasteiger partial charge on any atom is 0.251 e. The smallest absolute Gasteiger partial charge is 0.251 e. The van der Waals surface area contributed by atoms with Crippen molar-refractivity contribution in [1.29, 1.82) is 0 Å². The monoisotopic (exact) mass is 447 g/mol. The first-order chi connectivity index (χ1) is 14.4. The average molecular weight is 448 g/mol. The van der Waals surface area contributed by atoms with Gasteiger partial charge in [0.2, 0.25) is 5.91 Å². The number of nitrogens with one attached hydrogen (secondary N) is 1. The van der Waals surface area contributed by atoms with Crippen LogP contribution in [0.25, 0.3) is 0 Å². The van der Waals surface area contributed by atoms with Gasteiger partial charge in [-0.15, -0.1) is 12.4 Å². The molecular weight excluding hydrogens is 425 g/mol. The van der Waals surface area contributed by atoms with Crippen molar-refractivity contribution in [3.63, 3.8) is 0 Å². The quantitative estimate of drug-likeness (QED) is 0.781. The number of halogens is 2. The first-order valence-corrected chi connectivity index (χ1v) is 9.86. The molecule has 2 aliphatic heterocycles. The van der Waals surface area contributed by atoms with Crippen molar-refractivity contribution in [3.05, 3.63) is 59.2 Å². The average Bonchev–Trinajstić information content (AvgIpc) is 2.73. The van der Waals surface area contributed by atoms with E-state index in [4.69, 9.17) is 4.74 Å².